The predicted octanol–water partition coefficient (Wildman–Crippen LogP) is 4.55. The van der Waals surface area contributed by atoms with Crippen LogP contribution in [0.15, 0.2) is 53.9 Å². The van der Waals surface area contributed by atoms with Crippen molar-refractivity contribution in [2.45, 2.75) is 45.2 Å². The Balaban J connectivity index is 1.55. The molecule has 0 aliphatic carbocycles. The van der Waals surface area contributed by atoms with Crippen LogP contribution < -0.4 is 0 Å². The highest BCUT2D eigenvalue weighted by atomic mass is 32.1. The van der Waals surface area contributed by atoms with Gasteiger partial charge in [0.05, 0.1) is 10.6 Å². The normalized spacial score (nSPS) is 18.9. The molecule has 0 bridgehead atoms. The fraction of sp³-hybridized carbons (Fsp3) is 0.348. The molecule has 156 valence electrons. The van der Waals surface area contributed by atoms with E-state index in [0.29, 0.717) is 11.4 Å². The standard InChI is InChI=1S/C23H25N3O3S/c1-16-8-6-9-17(2)25(16)22(27)15-29-23(28)20-14-19(21-12-7-13-30-21)24-26(20)18-10-4-3-5-11-18/h3-5,7,10-14,16-17H,6,8-9,15H2,1-2H3/t16-,17-/m0/s1. The number of para-hydroxylation sites is 1. The van der Waals surface area contributed by atoms with Gasteiger partial charge in [-0.05, 0) is 56.7 Å². The SMILES string of the molecule is C[C@H]1CCC[C@H](C)N1C(=O)COC(=O)c1cc(-c2cccs2)nn1-c1ccccc1. The van der Waals surface area contributed by atoms with E-state index in [4.69, 9.17) is 4.74 Å². The van der Waals surface area contributed by atoms with Gasteiger partial charge in [0, 0.05) is 18.2 Å². The Morgan fingerprint density at radius 3 is 2.50 bits per heavy atom. The smallest absolute Gasteiger partial charge is 0.357 e. The Kier molecular flexibility index (Phi) is 5.99. The summed E-state index contributed by atoms with van der Waals surface area (Å²) in [6.07, 6.45) is 3.08. The molecule has 0 unspecified atom stereocenters. The maximum absolute atomic E-state index is 12.9. The van der Waals surface area contributed by atoms with Crippen LogP contribution in [0.3, 0.4) is 0 Å². The van der Waals surface area contributed by atoms with E-state index in [0.717, 1.165) is 29.8 Å². The summed E-state index contributed by atoms with van der Waals surface area (Å²) in [5.74, 6) is -0.702. The summed E-state index contributed by atoms with van der Waals surface area (Å²) in [6.45, 7) is 3.84. The van der Waals surface area contributed by atoms with Crippen LogP contribution in [0.5, 0.6) is 0 Å². The van der Waals surface area contributed by atoms with Crippen molar-refractivity contribution in [3.63, 3.8) is 0 Å². The fourth-order valence-corrected chi connectivity index (χ4v) is 4.71. The van der Waals surface area contributed by atoms with Crippen LogP contribution in [-0.2, 0) is 9.53 Å². The second-order valence-electron chi connectivity index (χ2n) is 7.65. The van der Waals surface area contributed by atoms with Gasteiger partial charge in [-0.3, -0.25) is 4.79 Å². The highest BCUT2D eigenvalue weighted by Gasteiger charge is 2.30. The Morgan fingerprint density at radius 1 is 1.10 bits per heavy atom. The number of benzene rings is 1. The number of rotatable bonds is 5. The molecule has 0 radical (unpaired) electrons. The molecule has 0 N–H and O–H groups in total. The molecule has 1 fully saturated rings. The maximum atomic E-state index is 12.9. The Hall–Kier alpha value is -2.93. The monoisotopic (exact) mass is 423 g/mol. The lowest BCUT2D eigenvalue weighted by Gasteiger charge is -2.38. The molecule has 6 nitrogen and oxygen atoms in total. The Morgan fingerprint density at radius 2 is 1.83 bits per heavy atom. The first-order valence-corrected chi connectivity index (χ1v) is 11.1. The van der Waals surface area contributed by atoms with E-state index in [1.165, 1.54) is 0 Å². The second-order valence-corrected chi connectivity index (χ2v) is 8.59. The van der Waals surface area contributed by atoms with Crippen LogP contribution in [0.25, 0.3) is 16.3 Å². The van der Waals surface area contributed by atoms with Gasteiger partial charge >= 0.3 is 5.97 Å². The van der Waals surface area contributed by atoms with Crippen LogP contribution in [0.1, 0.15) is 43.6 Å². The summed E-state index contributed by atoms with van der Waals surface area (Å²) in [5, 5.41) is 6.58. The van der Waals surface area contributed by atoms with Crippen molar-refractivity contribution in [3.8, 4) is 16.3 Å². The van der Waals surface area contributed by atoms with Crippen molar-refractivity contribution in [2.24, 2.45) is 0 Å². The van der Waals surface area contributed by atoms with Gasteiger partial charge in [-0.25, -0.2) is 9.48 Å². The number of piperidine rings is 1. The molecule has 3 aromatic rings. The number of carbonyl (C=O) groups is 2. The summed E-state index contributed by atoms with van der Waals surface area (Å²) in [6, 6.07) is 15.4. The van der Waals surface area contributed by atoms with Gasteiger partial charge in [0.1, 0.15) is 5.69 Å². The van der Waals surface area contributed by atoms with E-state index in [1.54, 1.807) is 22.1 Å². The molecule has 1 aliphatic rings. The number of amides is 1. The van der Waals surface area contributed by atoms with Crippen LogP contribution >= 0.6 is 11.3 Å². The van der Waals surface area contributed by atoms with E-state index in [-0.39, 0.29) is 24.6 Å². The number of aromatic nitrogens is 2. The molecular formula is C23H25N3O3S. The number of hydrogen-bond donors (Lipinski definition) is 0. The fourth-order valence-electron chi connectivity index (χ4n) is 4.03. The molecule has 2 aromatic heterocycles. The predicted molar refractivity (Wildman–Crippen MR) is 117 cm³/mol. The summed E-state index contributed by atoms with van der Waals surface area (Å²) in [7, 11) is 0. The summed E-state index contributed by atoms with van der Waals surface area (Å²) < 4.78 is 7.02. The van der Waals surface area contributed by atoms with Crippen molar-refractivity contribution < 1.29 is 14.3 Å². The number of esters is 1. The number of ether oxygens (including phenoxy) is 1. The van der Waals surface area contributed by atoms with Crippen molar-refractivity contribution >= 4 is 23.2 Å². The summed E-state index contributed by atoms with van der Waals surface area (Å²) >= 11 is 1.55. The highest BCUT2D eigenvalue weighted by Crippen LogP contribution is 2.26. The number of hydrogen-bond acceptors (Lipinski definition) is 5. The third-order valence-electron chi connectivity index (χ3n) is 5.50. The zero-order valence-electron chi connectivity index (χ0n) is 17.2. The minimum absolute atomic E-state index is 0.146. The van der Waals surface area contributed by atoms with Gasteiger partial charge in [-0.1, -0.05) is 24.3 Å². The Labute approximate surface area is 180 Å². The van der Waals surface area contributed by atoms with Crippen molar-refractivity contribution in [2.75, 3.05) is 6.61 Å². The zero-order valence-corrected chi connectivity index (χ0v) is 18.0. The molecule has 30 heavy (non-hydrogen) atoms. The van der Waals surface area contributed by atoms with E-state index in [1.807, 2.05) is 66.6 Å². The number of carbonyl (C=O) groups excluding carboxylic acids is 2. The molecule has 1 aromatic carbocycles. The average molecular weight is 424 g/mol. The van der Waals surface area contributed by atoms with Gasteiger partial charge in [0.15, 0.2) is 12.3 Å². The first-order valence-electron chi connectivity index (χ1n) is 10.2. The third kappa shape index (κ3) is 4.16. The molecule has 7 heteroatoms. The highest BCUT2D eigenvalue weighted by molar-refractivity contribution is 7.13. The number of thiophene rings is 1. The van der Waals surface area contributed by atoms with E-state index >= 15 is 0 Å². The summed E-state index contributed by atoms with van der Waals surface area (Å²) in [4.78, 5) is 28.5. The first kappa shape index (κ1) is 20.3. The van der Waals surface area contributed by atoms with Gasteiger partial charge in [0.2, 0.25) is 0 Å². The van der Waals surface area contributed by atoms with Crippen LogP contribution in [-0.4, -0.2) is 45.2 Å². The molecule has 3 heterocycles. The lowest BCUT2D eigenvalue weighted by molar-refractivity contribution is -0.140. The minimum atomic E-state index is -0.556. The van der Waals surface area contributed by atoms with Gasteiger partial charge in [-0.15, -0.1) is 11.3 Å². The summed E-state index contributed by atoms with van der Waals surface area (Å²) in [5.41, 5.74) is 1.76. The largest absolute Gasteiger partial charge is 0.451 e. The third-order valence-corrected chi connectivity index (χ3v) is 6.39. The number of nitrogens with zero attached hydrogens (tertiary/aromatic N) is 3. The van der Waals surface area contributed by atoms with Crippen LogP contribution in [0.4, 0.5) is 0 Å². The zero-order chi connectivity index (χ0) is 21.1. The molecule has 1 amide bonds. The van der Waals surface area contributed by atoms with E-state index in [9.17, 15) is 9.59 Å². The molecule has 1 aliphatic heterocycles. The van der Waals surface area contributed by atoms with Gasteiger partial charge in [0.25, 0.3) is 5.91 Å². The first-order chi connectivity index (χ1) is 14.5. The topological polar surface area (TPSA) is 64.4 Å². The van der Waals surface area contributed by atoms with Crippen molar-refractivity contribution in [1.29, 1.82) is 0 Å². The van der Waals surface area contributed by atoms with E-state index < -0.39 is 5.97 Å². The minimum Gasteiger partial charge on any atom is -0.451 e. The molecule has 0 spiro atoms. The van der Waals surface area contributed by atoms with Crippen molar-refractivity contribution in [1.82, 2.24) is 14.7 Å². The number of likely N-dealkylation sites (tertiary alicyclic amines) is 1. The molecule has 1 saturated heterocycles. The maximum Gasteiger partial charge on any atom is 0.357 e. The lowest BCUT2D eigenvalue weighted by atomic mass is 9.97. The molecule has 0 saturated carbocycles. The quantitative estimate of drug-likeness (QED) is 0.565. The molecule has 4 rings (SSSR count). The van der Waals surface area contributed by atoms with Crippen LogP contribution in [0.2, 0.25) is 0 Å². The molecule has 2 atom stereocenters. The van der Waals surface area contributed by atoms with Crippen LogP contribution in [0, 0.1) is 0 Å². The second kappa shape index (κ2) is 8.83. The Bertz CT molecular complexity index is 1000. The average Bonchev–Trinajstić information content (AvgIpc) is 3.42. The van der Waals surface area contributed by atoms with Gasteiger partial charge < -0.3 is 9.64 Å². The molecular weight excluding hydrogens is 398 g/mol. The van der Waals surface area contributed by atoms with Crippen molar-refractivity contribution in [3.05, 3.63) is 59.6 Å². The van der Waals surface area contributed by atoms with Gasteiger partial charge in [-0.2, -0.15) is 5.10 Å². The lowest BCUT2D eigenvalue weighted by Crippen LogP contribution is -2.49. The van der Waals surface area contributed by atoms with E-state index in [2.05, 4.69) is 5.10 Å².